The molecular weight excluding hydrogens is 285 g/mol. The van der Waals surface area contributed by atoms with Crippen LogP contribution in [-0.2, 0) is 12.7 Å². The highest BCUT2D eigenvalue weighted by Crippen LogP contribution is 2.28. The Labute approximate surface area is 119 Å². The van der Waals surface area contributed by atoms with Crippen molar-refractivity contribution in [2.75, 3.05) is 24.2 Å². The van der Waals surface area contributed by atoms with Gasteiger partial charge in [-0.1, -0.05) is 0 Å². The third kappa shape index (κ3) is 4.07. The van der Waals surface area contributed by atoms with Gasteiger partial charge in [-0.3, -0.25) is 4.68 Å². The van der Waals surface area contributed by atoms with Crippen LogP contribution in [0.3, 0.4) is 0 Å². The summed E-state index contributed by atoms with van der Waals surface area (Å²) in [6.45, 7) is 2.84. The van der Waals surface area contributed by atoms with Crippen molar-refractivity contribution in [3.05, 3.63) is 29.8 Å². The Bertz CT molecular complexity index is 607. The molecule has 0 spiro atoms. The lowest BCUT2D eigenvalue weighted by Crippen LogP contribution is -2.16. The molecule has 0 aromatic carbocycles. The van der Waals surface area contributed by atoms with Gasteiger partial charge in [0, 0.05) is 25.9 Å². The second-order valence-electron chi connectivity index (χ2n) is 4.42. The molecule has 0 bridgehead atoms. The van der Waals surface area contributed by atoms with E-state index in [-0.39, 0.29) is 11.6 Å². The smallest absolute Gasteiger partial charge is 0.373 e. The number of hydrogen-bond donors (Lipinski definition) is 2. The van der Waals surface area contributed by atoms with Crippen LogP contribution in [0, 0.1) is 6.92 Å². The summed E-state index contributed by atoms with van der Waals surface area (Å²) >= 11 is 0. The van der Waals surface area contributed by atoms with E-state index in [1.54, 1.807) is 10.9 Å². The summed E-state index contributed by atoms with van der Waals surface area (Å²) in [6.07, 6.45) is -1.02. The largest absolute Gasteiger partial charge is 0.451 e. The molecule has 0 saturated heterocycles. The average molecular weight is 300 g/mol. The third-order valence-corrected chi connectivity index (χ3v) is 2.65. The van der Waals surface area contributed by atoms with Crippen molar-refractivity contribution in [3.63, 3.8) is 0 Å². The van der Waals surface area contributed by atoms with Crippen LogP contribution < -0.4 is 10.6 Å². The summed E-state index contributed by atoms with van der Waals surface area (Å²) in [4.78, 5) is 6.86. The van der Waals surface area contributed by atoms with Gasteiger partial charge in [0.2, 0.25) is 5.82 Å². The van der Waals surface area contributed by atoms with Gasteiger partial charge in [0.1, 0.15) is 11.6 Å². The van der Waals surface area contributed by atoms with Gasteiger partial charge in [-0.15, -0.1) is 0 Å². The second-order valence-corrected chi connectivity index (χ2v) is 4.42. The van der Waals surface area contributed by atoms with E-state index in [1.807, 2.05) is 13.1 Å². The predicted octanol–water partition coefficient (Wildman–Crippen LogP) is 2.15. The molecule has 0 saturated carbocycles. The maximum Gasteiger partial charge on any atom is 0.451 e. The average Bonchev–Trinajstić information content (AvgIpc) is 2.83. The first-order valence-corrected chi connectivity index (χ1v) is 6.25. The van der Waals surface area contributed by atoms with Gasteiger partial charge in [-0.2, -0.15) is 18.3 Å². The molecule has 0 aliphatic carbocycles. The number of alkyl halides is 3. The second kappa shape index (κ2) is 5.98. The number of anilines is 2. The lowest BCUT2D eigenvalue weighted by atomic mass is 10.4. The normalized spacial score (nSPS) is 11.5. The SMILES string of the molecule is CNc1cc(NCCn2cc(C)cn2)nc(C(F)(F)F)n1. The van der Waals surface area contributed by atoms with E-state index in [2.05, 4.69) is 25.7 Å². The molecule has 21 heavy (non-hydrogen) atoms. The van der Waals surface area contributed by atoms with Crippen LogP contribution in [0.25, 0.3) is 0 Å². The Hall–Kier alpha value is -2.32. The molecule has 2 aromatic rings. The van der Waals surface area contributed by atoms with Gasteiger partial charge < -0.3 is 10.6 Å². The Morgan fingerprint density at radius 2 is 1.95 bits per heavy atom. The fraction of sp³-hybridized carbons (Fsp3) is 0.417. The summed E-state index contributed by atoms with van der Waals surface area (Å²) in [6, 6.07) is 1.42. The van der Waals surface area contributed by atoms with Crippen LogP contribution in [0.4, 0.5) is 24.8 Å². The highest BCUT2D eigenvalue weighted by Gasteiger charge is 2.35. The first kappa shape index (κ1) is 15.1. The number of aryl methyl sites for hydroxylation is 1. The minimum absolute atomic E-state index is 0.106. The van der Waals surface area contributed by atoms with Crippen LogP contribution in [0.1, 0.15) is 11.4 Å². The summed E-state index contributed by atoms with van der Waals surface area (Å²) in [5.74, 6) is -0.952. The highest BCUT2D eigenvalue weighted by molar-refractivity contribution is 5.47. The van der Waals surface area contributed by atoms with Crippen molar-refractivity contribution >= 4 is 11.6 Å². The van der Waals surface area contributed by atoms with Gasteiger partial charge in [0.15, 0.2) is 0 Å². The molecule has 2 aromatic heterocycles. The summed E-state index contributed by atoms with van der Waals surface area (Å²) in [7, 11) is 1.50. The van der Waals surface area contributed by atoms with Crippen molar-refractivity contribution in [2.45, 2.75) is 19.6 Å². The molecule has 0 unspecified atom stereocenters. The Morgan fingerprint density at radius 3 is 2.52 bits per heavy atom. The predicted molar refractivity (Wildman–Crippen MR) is 72.0 cm³/mol. The molecule has 0 aliphatic rings. The molecule has 114 valence electrons. The topological polar surface area (TPSA) is 67.7 Å². The van der Waals surface area contributed by atoms with Crippen molar-refractivity contribution in [2.24, 2.45) is 0 Å². The third-order valence-electron chi connectivity index (χ3n) is 2.65. The molecule has 2 rings (SSSR count). The van der Waals surface area contributed by atoms with Crippen molar-refractivity contribution in [3.8, 4) is 0 Å². The Morgan fingerprint density at radius 1 is 1.24 bits per heavy atom. The van der Waals surface area contributed by atoms with Crippen LogP contribution >= 0.6 is 0 Å². The fourth-order valence-electron chi connectivity index (χ4n) is 1.68. The standard InChI is InChI=1S/C12H15F3N6/c1-8-6-18-21(7-8)4-3-17-10-5-9(16-2)19-11(20-10)12(13,14)15/h5-7H,3-4H2,1-2H3,(H2,16,17,19,20). The van der Waals surface area contributed by atoms with Crippen molar-refractivity contribution in [1.29, 1.82) is 0 Å². The Kier molecular flexibility index (Phi) is 4.29. The van der Waals surface area contributed by atoms with E-state index in [0.29, 0.717) is 13.1 Å². The number of halogens is 3. The van der Waals surface area contributed by atoms with Crippen LogP contribution in [-0.4, -0.2) is 33.3 Å². The minimum atomic E-state index is -4.58. The first-order valence-electron chi connectivity index (χ1n) is 6.25. The molecule has 2 heterocycles. The van der Waals surface area contributed by atoms with E-state index in [4.69, 9.17) is 0 Å². The minimum Gasteiger partial charge on any atom is -0.373 e. The highest BCUT2D eigenvalue weighted by atomic mass is 19.4. The van der Waals surface area contributed by atoms with E-state index < -0.39 is 12.0 Å². The lowest BCUT2D eigenvalue weighted by molar-refractivity contribution is -0.144. The van der Waals surface area contributed by atoms with Crippen molar-refractivity contribution < 1.29 is 13.2 Å². The van der Waals surface area contributed by atoms with E-state index in [9.17, 15) is 13.2 Å². The summed E-state index contributed by atoms with van der Waals surface area (Å²) in [5.41, 5.74) is 1.02. The number of aromatic nitrogens is 4. The van der Waals surface area contributed by atoms with Gasteiger partial charge in [0.05, 0.1) is 12.7 Å². The maximum absolute atomic E-state index is 12.7. The van der Waals surface area contributed by atoms with Crippen LogP contribution in [0.15, 0.2) is 18.5 Å². The number of hydrogen-bond acceptors (Lipinski definition) is 5. The molecule has 0 amide bonds. The molecule has 2 N–H and O–H groups in total. The van der Waals surface area contributed by atoms with Crippen molar-refractivity contribution in [1.82, 2.24) is 19.7 Å². The zero-order valence-corrected chi connectivity index (χ0v) is 11.6. The zero-order valence-electron chi connectivity index (χ0n) is 11.6. The molecule has 0 radical (unpaired) electrons. The summed E-state index contributed by atoms with van der Waals surface area (Å²) < 4.78 is 39.7. The number of rotatable bonds is 5. The van der Waals surface area contributed by atoms with E-state index >= 15 is 0 Å². The lowest BCUT2D eigenvalue weighted by Gasteiger charge is -2.11. The quantitative estimate of drug-likeness (QED) is 0.885. The number of nitrogens with one attached hydrogen (secondary N) is 2. The summed E-state index contributed by atoms with van der Waals surface area (Å²) in [5, 5.41) is 9.51. The number of nitrogens with zero attached hydrogens (tertiary/aromatic N) is 4. The van der Waals surface area contributed by atoms with Gasteiger partial charge in [-0.25, -0.2) is 9.97 Å². The molecule has 0 aliphatic heterocycles. The van der Waals surface area contributed by atoms with Gasteiger partial charge in [-0.05, 0) is 12.5 Å². The van der Waals surface area contributed by atoms with Gasteiger partial charge in [0.25, 0.3) is 0 Å². The van der Waals surface area contributed by atoms with E-state index in [1.165, 1.54) is 13.1 Å². The molecule has 9 heteroatoms. The monoisotopic (exact) mass is 300 g/mol. The first-order chi connectivity index (χ1) is 9.88. The van der Waals surface area contributed by atoms with Crippen LogP contribution in [0.2, 0.25) is 0 Å². The van der Waals surface area contributed by atoms with Crippen LogP contribution in [0.5, 0.6) is 0 Å². The fourth-order valence-corrected chi connectivity index (χ4v) is 1.68. The Balaban J connectivity index is 2.05. The molecular formula is C12H15F3N6. The van der Waals surface area contributed by atoms with E-state index in [0.717, 1.165) is 5.56 Å². The maximum atomic E-state index is 12.7. The van der Waals surface area contributed by atoms with Gasteiger partial charge >= 0.3 is 6.18 Å². The molecule has 0 atom stereocenters. The molecule has 6 nitrogen and oxygen atoms in total. The molecule has 0 fully saturated rings. The zero-order chi connectivity index (χ0) is 15.5.